The molecule has 0 fully saturated rings. The fraction of sp³-hybridized carbons (Fsp3) is 0.250. The first-order valence-corrected chi connectivity index (χ1v) is 10.7. The molecule has 0 amide bonds. The van der Waals surface area contributed by atoms with Crippen molar-refractivity contribution in [2.45, 2.75) is 48.0 Å². The molecule has 1 aromatic heterocycles. The lowest BCUT2D eigenvalue weighted by molar-refractivity contribution is 0.469. The van der Waals surface area contributed by atoms with Crippen molar-refractivity contribution in [3.63, 3.8) is 0 Å². The first-order valence-electron chi connectivity index (χ1n) is 8.33. The minimum atomic E-state index is -3.75. The van der Waals surface area contributed by atoms with E-state index in [1.165, 1.54) is 11.8 Å². The van der Waals surface area contributed by atoms with Crippen LogP contribution >= 0.6 is 11.8 Å². The second-order valence-electron chi connectivity index (χ2n) is 6.46. The Morgan fingerprint density at radius 1 is 0.923 bits per heavy atom. The van der Waals surface area contributed by atoms with E-state index in [0.29, 0.717) is 11.0 Å². The first kappa shape index (κ1) is 18.7. The molecule has 2 aromatic carbocycles. The van der Waals surface area contributed by atoms with Gasteiger partial charge in [0.25, 0.3) is 0 Å². The van der Waals surface area contributed by atoms with Crippen LogP contribution in [0.4, 0.5) is 0 Å². The summed E-state index contributed by atoms with van der Waals surface area (Å²) in [5, 5.41) is 0.479. The Balaban J connectivity index is 2.12. The fourth-order valence-corrected chi connectivity index (χ4v) is 4.76. The standard InChI is InChI=1S/C20H21NO3S2/c1-13(2)25-20-19(26(22,23)17-11-7-15(4)8-12-17)21-18(24-20)16-9-5-14(3)6-10-16/h5-13H,1-4H3. The fourth-order valence-electron chi connectivity index (χ4n) is 2.40. The van der Waals surface area contributed by atoms with Crippen LogP contribution in [0, 0.1) is 13.8 Å². The van der Waals surface area contributed by atoms with Crippen LogP contribution in [0.3, 0.4) is 0 Å². The molecule has 0 bridgehead atoms. The quantitative estimate of drug-likeness (QED) is 0.557. The minimum Gasteiger partial charge on any atom is -0.428 e. The summed E-state index contributed by atoms with van der Waals surface area (Å²) in [5.41, 5.74) is 2.87. The summed E-state index contributed by atoms with van der Waals surface area (Å²) in [6.07, 6.45) is 0. The molecular formula is C20H21NO3S2. The smallest absolute Gasteiger partial charge is 0.228 e. The SMILES string of the molecule is Cc1ccc(-c2nc(S(=O)(=O)c3ccc(C)cc3)c(SC(C)C)o2)cc1. The molecule has 4 nitrogen and oxygen atoms in total. The normalized spacial score (nSPS) is 11.9. The van der Waals surface area contributed by atoms with Gasteiger partial charge in [-0.1, -0.05) is 61.0 Å². The van der Waals surface area contributed by atoms with Gasteiger partial charge in [0.15, 0.2) is 0 Å². The first-order chi connectivity index (χ1) is 12.3. The van der Waals surface area contributed by atoms with Crippen LogP contribution in [0.25, 0.3) is 11.5 Å². The molecule has 0 aliphatic carbocycles. The molecule has 1 heterocycles. The van der Waals surface area contributed by atoms with Crippen molar-refractivity contribution >= 4 is 21.6 Å². The average molecular weight is 388 g/mol. The third-order valence-electron chi connectivity index (χ3n) is 3.79. The van der Waals surface area contributed by atoms with E-state index in [4.69, 9.17) is 4.42 Å². The zero-order chi connectivity index (χ0) is 18.9. The van der Waals surface area contributed by atoms with E-state index >= 15 is 0 Å². The largest absolute Gasteiger partial charge is 0.428 e. The van der Waals surface area contributed by atoms with Crippen LogP contribution in [0.5, 0.6) is 0 Å². The molecule has 0 aliphatic heterocycles. The van der Waals surface area contributed by atoms with Crippen molar-refractivity contribution in [1.82, 2.24) is 4.98 Å². The molecule has 0 unspecified atom stereocenters. The van der Waals surface area contributed by atoms with Crippen molar-refractivity contribution in [2.24, 2.45) is 0 Å². The Bertz CT molecular complexity index is 1000. The highest BCUT2D eigenvalue weighted by Gasteiger charge is 2.29. The predicted octanol–water partition coefficient (Wildman–Crippen LogP) is 5.29. The number of hydrogen-bond donors (Lipinski definition) is 0. The summed E-state index contributed by atoms with van der Waals surface area (Å²) in [4.78, 5) is 4.58. The molecule has 0 radical (unpaired) electrons. The van der Waals surface area contributed by atoms with Gasteiger partial charge in [0.05, 0.1) is 4.90 Å². The lowest BCUT2D eigenvalue weighted by Gasteiger charge is -2.05. The lowest BCUT2D eigenvalue weighted by atomic mass is 10.1. The third kappa shape index (κ3) is 3.86. The Labute approximate surface area is 158 Å². The second-order valence-corrected chi connectivity index (χ2v) is 9.88. The number of rotatable bonds is 5. The minimum absolute atomic E-state index is 0.0179. The molecule has 26 heavy (non-hydrogen) atoms. The highest BCUT2D eigenvalue weighted by atomic mass is 32.2. The molecule has 0 N–H and O–H groups in total. The number of benzene rings is 2. The molecule has 0 spiro atoms. The molecule has 3 rings (SSSR count). The predicted molar refractivity (Wildman–Crippen MR) is 104 cm³/mol. The van der Waals surface area contributed by atoms with Gasteiger partial charge in [-0.05, 0) is 38.1 Å². The van der Waals surface area contributed by atoms with Crippen LogP contribution in [0.2, 0.25) is 0 Å². The van der Waals surface area contributed by atoms with E-state index in [-0.39, 0.29) is 15.2 Å². The Morgan fingerprint density at radius 3 is 2.00 bits per heavy atom. The van der Waals surface area contributed by atoms with Gasteiger partial charge >= 0.3 is 0 Å². The number of hydrogen-bond acceptors (Lipinski definition) is 5. The summed E-state index contributed by atoms with van der Waals surface area (Å²) in [6.45, 7) is 7.89. The second kappa shape index (κ2) is 7.29. The number of aryl methyl sites for hydroxylation is 2. The van der Waals surface area contributed by atoms with E-state index < -0.39 is 9.84 Å². The lowest BCUT2D eigenvalue weighted by Crippen LogP contribution is -2.04. The van der Waals surface area contributed by atoms with Gasteiger partial charge in [-0.15, -0.1) is 0 Å². The van der Waals surface area contributed by atoms with Crippen molar-refractivity contribution < 1.29 is 12.8 Å². The zero-order valence-electron chi connectivity index (χ0n) is 15.2. The van der Waals surface area contributed by atoms with Crippen LogP contribution in [0.1, 0.15) is 25.0 Å². The molecule has 0 saturated carbocycles. The molecule has 136 valence electrons. The number of nitrogens with zero attached hydrogens (tertiary/aromatic N) is 1. The van der Waals surface area contributed by atoms with Crippen molar-refractivity contribution in [3.8, 4) is 11.5 Å². The van der Waals surface area contributed by atoms with Crippen LogP contribution < -0.4 is 0 Å². The van der Waals surface area contributed by atoms with Gasteiger partial charge in [-0.2, -0.15) is 4.98 Å². The molecule has 3 aromatic rings. The van der Waals surface area contributed by atoms with Crippen LogP contribution in [0.15, 0.2) is 68.0 Å². The topological polar surface area (TPSA) is 60.2 Å². The molecular weight excluding hydrogens is 366 g/mol. The maximum absolute atomic E-state index is 13.1. The Kier molecular flexibility index (Phi) is 5.25. The Hall–Kier alpha value is -2.05. The van der Waals surface area contributed by atoms with Gasteiger partial charge < -0.3 is 4.42 Å². The summed E-state index contributed by atoms with van der Waals surface area (Å²) < 4.78 is 32.1. The highest BCUT2D eigenvalue weighted by molar-refractivity contribution is 8.00. The maximum atomic E-state index is 13.1. The van der Waals surface area contributed by atoms with Crippen LogP contribution in [-0.4, -0.2) is 18.7 Å². The molecule has 0 aliphatic rings. The van der Waals surface area contributed by atoms with E-state index in [0.717, 1.165) is 16.7 Å². The summed E-state index contributed by atoms with van der Waals surface area (Å²) in [6, 6.07) is 14.4. The average Bonchev–Trinajstić information content (AvgIpc) is 3.00. The van der Waals surface area contributed by atoms with Crippen LogP contribution in [-0.2, 0) is 9.84 Å². The van der Waals surface area contributed by atoms with Gasteiger partial charge in [-0.3, -0.25) is 0 Å². The maximum Gasteiger partial charge on any atom is 0.228 e. The Morgan fingerprint density at radius 2 is 1.46 bits per heavy atom. The molecule has 0 atom stereocenters. The number of thioether (sulfide) groups is 1. The van der Waals surface area contributed by atoms with Gasteiger partial charge in [0, 0.05) is 10.8 Å². The van der Waals surface area contributed by atoms with Crippen molar-refractivity contribution in [1.29, 1.82) is 0 Å². The number of sulfone groups is 1. The molecule has 0 saturated heterocycles. The summed E-state index contributed by atoms with van der Waals surface area (Å²) in [7, 11) is -3.75. The zero-order valence-corrected chi connectivity index (χ0v) is 16.8. The summed E-state index contributed by atoms with van der Waals surface area (Å²) >= 11 is 1.36. The van der Waals surface area contributed by atoms with E-state index in [2.05, 4.69) is 4.98 Å². The third-order valence-corrected chi connectivity index (χ3v) is 6.56. The molecule has 6 heteroatoms. The number of oxazole rings is 1. The highest BCUT2D eigenvalue weighted by Crippen LogP contribution is 2.36. The van der Waals surface area contributed by atoms with E-state index in [9.17, 15) is 8.42 Å². The van der Waals surface area contributed by atoms with Gasteiger partial charge in [0.2, 0.25) is 25.8 Å². The summed E-state index contributed by atoms with van der Waals surface area (Å²) in [5.74, 6) is 0.318. The monoisotopic (exact) mass is 387 g/mol. The van der Waals surface area contributed by atoms with Gasteiger partial charge in [-0.25, -0.2) is 8.42 Å². The van der Waals surface area contributed by atoms with E-state index in [1.54, 1.807) is 24.3 Å². The van der Waals surface area contributed by atoms with E-state index in [1.807, 2.05) is 52.0 Å². The van der Waals surface area contributed by atoms with Gasteiger partial charge in [0.1, 0.15) is 0 Å². The number of aromatic nitrogens is 1. The van der Waals surface area contributed by atoms with Crippen molar-refractivity contribution in [3.05, 3.63) is 59.7 Å². The van der Waals surface area contributed by atoms with Crippen molar-refractivity contribution in [2.75, 3.05) is 0 Å².